The quantitative estimate of drug-likeness (QED) is 0.525. The van der Waals surface area contributed by atoms with E-state index < -0.39 is 6.10 Å². The molecule has 0 aromatic heterocycles. The molecule has 0 spiro atoms. The predicted molar refractivity (Wildman–Crippen MR) is 97.6 cm³/mol. The molecular formula is C21H26O4. The molecule has 25 heavy (non-hydrogen) atoms. The zero-order valence-electron chi connectivity index (χ0n) is 14.7. The smallest absolute Gasteiger partial charge is 0.335 e. The summed E-state index contributed by atoms with van der Waals surface area (Å²) in [6.45, 7) is 2.64. The van der Waals surface area contributed by atoms with E-state index in [0.717, 1.165) is 24.8 Å². The monoisotopic (exact) mass is 342 g/mol. The van der Waals surface area contributed by atoms with E-state index in [-0.39, 0.29) is 11.7 Å². The average Bonchev–Trinajstić information content (AvgIpc) is 2.63. The molecule has 0 aliphatic heterocycles. The van der Waals surface area contributed by atoms with Gasteiger partial charge in [-0.15, -0.1) is 0 Å². The number of benzene rings is 2. The Morgan fingerprint density at radius 1 is 1.00 bits per heavy atom. The number of carbonyl (C=O) groups excluding carboxylic acids is 1. The molecule has 4 nitrogen and oxygen atoms in total. The van der Waals surface area contributed by atoms with Crippen molar-refractivity contribution >= 4 is 5.97 Å². The molecule has 0 aliphatic carbocycles. The maximum Gasteiger partial charge on any atom is 0.335 e. The largest absolute Gasteiger partial charge is 0.508 e. The number of aryl methyl sites for hydroxylation is 1. The second-order valence-electron chi connectivity index (χ2n) is 5.92. The van der Waals surface area contributed by atoms with Crippen molar-refractivity contribution in [2.24, 2.45) is 0 Å². The standard InChI is InChI=1S/C21H26O4/c1-2-24-21(23)20(16-18-11-13-19(22)14-12-18)25-15-7-6-10-17-8-4-3-5-9-17/h3-5,8-9,11-14,20,22H,2,6-7,10,15-16H2,1H3. The molecule has 0 bridgehead atoms. The van der Waals surface area contributed by atoms with E-state index in [2.05, 4.69) is 12.1 Å². The number of unbranched alkanes of at least 4 members (excludes halogenated alkanes) is 1. The minimum Gasteiger partial charge on any atom is -0.508 e. The fourth-order valence-corrected chi connectivity index (χ4v) is 2.59. The summed E-state index contributed by atoms with van der Waals surface area (Å²) in [4.78, 5) is 12.1. The van der Waals surface area contributed by atoms with Crippen LogP contribution in [0, 0.1) is 0 Å². The van der Waals surface area contributed by atoms with Gasteiger partial charge in [0.2, 0.25) is 0 Å². The Morgan fingerprint density at radius 2 is 1.72 bits per heavy atom. The van der Waals surface area contributed by atoms with Crippen LogP contribution in [0.25, 0.3) is 0 Å². The minimum atomic E-state index is -0.610. The summed E-state index contributed by atoms with van der Waals surface area (Å²) in [5.41, 5.74) is 2.24. The number of aromatic hydroxyl groups is 1. The van der Waals surface area contributed by atoms with Gasteiger partial charge in [0, 0.05) is 13.0 Å². The van der Waals surface area contributed by atoms with Crippen LogP contribution in [0.1, 0.15) is 30.9 Å². The molecule has 0 aliphatic rings. The maximum absolute atomic E-state index is 12.1. The number of ether oxygens (including phenoxy) is 2. The van der Waals surface area contributed by atoms with Crippen molar-refractivity contribution < 1.29 is 19.4 Å². The van der Waals surface area contributed by atoms with Gasteiger partial charge in [-0.25, -0.2) is 4.79 Å². The van der Waals surface area contributed by atoms with Gasteiger partial charge in [0.05, 0.1) is 6.61 Å². The van der Waals surface area contributed by atoms with Crippen LogP contribution in [-0.4, -0.2) is 30.4 Å². The number of hydrogen-bond donors (Lipinski definition) is 1. The van der Waals surface area contributed by atoms with Gasteiger partial charge in [-0.3, -0.25) is 0 Å². The third-order valence-electron chi connectivity index (χ3n) is 3.93. The molecule has 0 saturated heterocycles. The topological polar surface area (TPSA) is 55.8 Å². The van der Waals surface area contributed by atoms with Crippen LogP contribution in [0.5, 0.6) is 5.75 Å². The summed E-state index contributed by atoms with van der Waals surface area (Å²) >= 11 is 0. The van der Waals surface area contributed by atoms with Gasteiger partial charge in [-0.05, 0) is 49.4 Å². The van der Waals surface area contributed by atoms with Gasteiger partial charge in [0.15, 0.2) is 6.10 Å². The Kier molecular flexibility index (Phi) is 7.99. The molecule has 4 heteroatoms. The Morgan fingerprint density at radius 3 is 2.40 bits per heavy atom. The molecule has 2 rings (SSSR count). The zero-order valence-corrected chi connectivity index (χ0v) is 14.7. The third kappa shape index (κ3) is 6.98. The fraction of sp³-hybridized carbons (Fsp3) is 0.381. The van der Waals surface area contributed by atoms with Crippen molar-refractivity contribution in [3.05, 3.63) is 65.7 Å². The van der Waals surface area contributed by atoms with E-state index in [9.17, 15) is 9.90 Å². The highest BCUT2D eigenvalue weighted by molar-refractivity contribution is 5.75. The molecule has 1 atom stereocenters. The Hall–Kier alpha value is -2.33. The van der Waals surface area contributed by atoms with Crippen molar-refractivity contribution in [1.82, 2.24) is 0 Å². The van der Waals surface area contributed by atoms with Crippen molar-refractivity contribution in [3.8, 4) is 5.75 Å². The number of carbonyl (C=O) groups is 1. The summed E-state index contributed by atoms with van der Waals surface area (Å²) in [7, 11) is 0. The summed E-state index contributed by atoms with van der Waals surface area (Å²) in [6.07, 6.45) is 2.74. The highest BCUT2D eigenvalue weighted by atomic mass is 16.6. The summed E-state index contributed by atoms with van der Waals surface area (Å²) < 4.78 is 10.9. The highest BCUT2D eigenvalue weighted by Crippen LogP contribution is 2.14. The van der Waals surface area contributed by atoms with E-state index in [0.29, 0.717) is 19.6 Å². The van der Waals surface area contributed by atoms with Crippen LogP contribution in [0.2, 0.25) is 0 Å². The lowest BCUT2D eigenvalue weighted by Crippen LogP contribution is -2.29. The molecular weight excluding hydrogens is 316 g/mol. The predicted octanol–water partition coefficient (Wildman–Crippen LogP) is 3.91. The SMILES string of the molecule is CCOC(=O)C(Cc1ccc(O)cc1)OCCCCc1ccccc1. The molecule has 0 saturated carbocycles. The van der Waals surface area contributed by atoms with Gasteiger partial charge in [-0.2, -0.15) is 0 Å². The van der Waals surface area contributed by atoms with E-state index in [1.807, 2.05) is 18.2 Å². The number of phenolic OH excluding ortho intramolecular Hbond substituents is 1. The van der Waals surface area contributed by atoms with Crippen molar-refractivity contribution in [2.75, 3.05) is 13.2 Å². The Bertz CT molecular complexity index is 622. The normalized spacial score (nSPS) is 11.9. The van der Waals surface area contributed by atoms with Crippen LogP contribution in [-0.2, 0) is 27.1 Å². The second kappa shape index (κ2) is 10.5. The Balaban J connectivity index is 1.79. The molecule has 2 aromatic carbocycles. The summed E-state index contributed by atoms with van der Waals surface area (Å²) in [6, 6.07) is 17.1. The lowest BCUT2D eigenvalue weighted by Gasteiger charge is -2.16. The van der Waals surface area contributed by atoms with Gasteiger partial charge in [0.1, 0.15) is 5.75 Å². The molecule has 0 amide bonds. The van der Waals surface area contributed by atoms with Gasteiger partial charge < -0.3 is 14.6 Å². The fourth-order valence-electron chi connectivity index (χ4n) is 2.59. The summed E-state index contributed by atoms with van der Waals surface area (Å²) in [5.74, 6) is -0.128. The van der Waals surface area contributed by atoms with Gasteiger partial charge >= 0.3 is 5.97 Å². The minimum absolute atomic E-state index is 0.207. The molecule has 2 aromatic rings. The van der Waals surface area contributed by atoms with Gasteiger partial charge in [-0.1, -0.05) is 42.5 Å². The molecule has 0 fully saturated rings. The molecule has 1 N–H and O–H groups in total. The molecule has 0 radical (unpaired) electrons. The number of esters is 1. The van der Waals surface area contributed by atoms with Crippen LogP contribution in [0.15, 0.2) is 54.6 Å². The van der Waals surface area contributed by atoms with E-state index >= 15 is 0 Å². The van der Waals surface area contributed by atoms with Crippen LogP contribution >= 0.6 is 0 Å². The van der Waals surface area contributed by atoms with Crippen LogP contribution < -0.4 is 0 Å². The first-order valence-electron chi connectivity index (χ1n) is 8.79. The first-order valence-corrected chi connectivity index (χ1v) is 8.79. The zero-order chi connectivity index (χ0) is 17.9. The van der Waals surface area contributed by atoms with E-state index in [4.69, 9.17) is 9.47 Å². The van der Waals surface area contributed by atoms with E-state index in [1.165, 1.54) is 5.56 Å². The van der Waals surface area contributed by atoms with E-state index in [1.54, 1.807) is 31.2 Å². The molecule has 1 unspecified atom stereocenters. The number of hydrogen-bond acceptors (Lipinski definition) is 4. The van der Waals surface area contributed by atoms with Crippen molar-refractivity contribution in [1.29, 1.82) is 0 Å². The van der Waals surface area contributed by atoms with Gasteiger partial charge in [0.25, 0.3) is 0 Å². The lowest BCUT2D eigenvalue weighted by atomic mass is 10.1. The van der Waals surface area contributed by atoms with Crippen molar-refractivity contribution in [2.45, 2.75) is 38.7 Å². The highest BCUT2D eigenvalue weighted by Gasteiger charge is 2.21. The third-order valence-corrected chi connectivity index (χ3v) is 3.93. The maximum atomic E-state index is 12.1. The van der Waals surface area contributed by atoms with Crippen LogP contribution in [0.4, 0.5) is 0 Å². The number of phenols is 1. The average molecular weight is 342 g/mol. The van der Waals surface area contributed by atoms with Crippen LogP contribution in [0.3, 0.4) is 0 Å². The lowest BCUT2D eigenvalue weighted by molar-refractivity contribution is -0.156. The molecule has 0 heterocycles. The number of rotatable bonds is 10. The second-order valence-corrected chi connectivity index (χ2v) is 5.92. The first-order chi connectivity index (χ1) is 12.2. The Labute approximate surface area is 149 Å². The summed E-state index contributed by atoms with van der Waals surface area (Å²) in [5, 5.41) is 9.36. The first kappa shape index (κ1) is 19.0. The molecule has 134 valence electrons. The van der Waals surface area contributed by atoms with Crippen molar-refractivity contribution in [3.63, 3.8) is 0 Å².